The number of thiazole rings is 1. The molecule has 22 heteroatoms. The van der Waals surface area contributed by atoms with E-state index in [1.807, 2.05) is 18.2 Å². The van der Waals surface area contributed by atoms with E-state index in [1.54, 1.807) is 96.8 Å². The third-order valence-electron chi connectivity index (χ3n) is 12.3. The fourth-order valence-corrected chi connectivity index (χ4v) is 10.0. The summed E-state index contributed by atoms with van der Waals surface area (Å²) >= 11 is 1.55. The molecule has 18 nitrogen and oxygen atoms in total. The number of aromatic nitrogens is 2. The van der Waals surface area contributed by atoms with Crippen molar-refractivity contribution in [2.24, 2.45) is 11.3 Å². The Morgan fingerprint density at radius 2 is 1.49 bits per heavy atom. The molecule has 1 saturated heterocycles. The number of carbonyl (C=O) groups excluding carboxylic acids is 4. The maximum Gasteiger partial charge on any atom is 0.247 e. The lowest BCUT2D eigenvalue weighted by molar-refractivity contribution is -0.143. The van der Waals surface area contributed by atoms with Gasteiger partial charge in [0.1, 0.15) is 53.3 Å². The summed E-state index contributed by atoms with van der Waals surface area (Å²) in [5.74, 6) is -4.41. The molecule has 3 heterocycles. The number of sulfone groups is 1. The summed E-state index contributed by atoms with van der Waals surface area (Å²) in [4.78, 5) is 64.0. The Hall–Kier alpha value is -5.75. The van der Waals surface area contributed by atoms with E-state index < -0.39 is 79.1 Å². The van der Waals surface area contributed by atoms with Crippen LogP contribution in [0, 0.1) is 23.0 Å². The standard InChI is InChI=1S/C52H67F2N7O11S2/c1-32(55-8)48(63)60-47(51(2,3)4)50(65)61-29-33(25-42(61)49(64)59-46-37(53)10-9-11-38(46)54)24-35(62)30-71-21-20-69-17-16-68-18-19-70-22-23-72-43-28-40-36(27-45(43)74(66,67)52(5,6)7)39(14-15-56-40)58-34-12-13-44-41(26-34)57-31-73-44/h9-15,26-28,31-33,42,47,55H,16-25,29-30H2,1-8H3,(H,56,58)(H,59,64)(H,60,63)/t32-,33-,42-,47+/m0/s1. The highest BCUT2D eigenvalue weighted by Crippen LogP contribution is 2.38. The lowest BCUT2D eigenvalue weighted by Gasteiger charge is -2.36. The number of ether oxygens (including phenoxy) is 5. The molecular weight excluding hydrogens is 1000 g/mol. The summed E-state index contributed by atoms with van der Waals surface area (Å²) in [5.41, 5.74) is 3.22. The van der Waals surface area contributed by atoms with Gasteiger partial charge in [0.25, 0.3) is 0 Å². The van der Waals surface area contributed by atoms with Gasteiger partial charge in [-0.2, -0.15) is 0 Å². The number of hydrogen-bond acceptors (Lipinski definition) is 16. The number of halogens is 2. The second kappa shape index (κ2) is 25.7. The maximum atomic E-state index is 14.6. The minimum absolute atomic E-state index is 0.0183. The van der Waals surface area contributed by atoms with Crippen molar-refractivity contribution in [3.8, 4) is 5.75 Å². The molecule has 402 valence electrons. The second-order valence-corrected chi connectivity index (χ2v) is 23.5. The molecule has 6 rings (SSSR count). The number of ketones is 1. The van der Waals surface area contributed by atoms with E-state index in [1.165, 1.54) is 4.90 Å². The van der Waals surface area contributed by atoms with E-state index in [0.29, 0.717) is 16.6 Å². The molecule has 4 N–H and O–H groups in total. The van der Waals surface area contributed by atoms with Crippen LogP contribution in [0.1, 0.15) is 61.3 Å². The van der Waals surface area contributed by atoms with Gasteiger partial charge >= 0.3 is 0 Å². The van der Waals surface area contributed by atoms with E-state index in [0.717, 1.165) is 34.1 Å². The number of amides is 3. The predicted octanol–water partition coefficient (Wildman–Crippen LogP) is 6.84. The number of hydrogen-bond donors (Lipinski definition) is 4. The van der Waals surface area contributed by atoms with Crippen LogP contribution in [0.3, 0.4) is 0 Å². The molecule has 0 spiro atoms. The maximum absolute atomic E-state index is 14.6. The van der Waals surface area contributed by atoms with Gasteiger partial charge in [-0.05, 0) is 95.0 Å². The number of anilines is 3. The molecule has 0 unspecified atom stereocenters. The third-order valence-corrected chi connectivity index (χ3v) is 15.6. The number of fused-ring (bicyclic) bond motifs is 2. The van der Waals surface area contributed by atoms with Gasteiger partial charge in [0.15, 0.2) is 15.6 Å². The first-order valence-corrected chi connectivity index (χ1v) is 26.7. The van der Waals surface area contributed by atoms with Gasteiger partial charge in [-0.15, -0.1) is 11.3 Å². The minimum Gasteiger partial charge on any atom is -0.490 e. The van der Waals surface area contributed by atoms with Crippen molar-refractivity contribution in [3.05, 3.63) is 77.9 Å². The van der Waals surface area contributed by atoms with Crippen molar-refractivity contribution in [1.82, 2.24) is 25.5 Å². The van der Waals surface area contributed by atoms with Crippen LogP contribution in [0.4, 0.5) is 25.8 Å². The summed E-state index contributed by atoms with van der Waals surface area (Å²) in [6, 6.07) is 11.2. The zero-order valence-electron chi connectivity index (χ0n) is 43.1. The summed E-state index contributed by atoms with van der Waals surface area (Å²) in [6.45, 7) is 13.1. The Balaban J connectivity index is 0.903. The summed E-state index contributed by atoms with van der Waals surface area (Å²) in [5, 5.41) is 11.9. The summed E-state index contributed by atoms with van der Waals surface area (Å²) in [6.07, 6.45) is 1.63. The van der Waals surface area contributed by atoms with E-state index in [2.05, 4.69) is 31.2 Å². The van der Waals surface area contributed by atoms with Crippen LogP contribution in [0.15, 0.2) is 71.2 Å². The Morgan fingerprint density at radius 1 is 0.838 bits per heavy atom. The molecule has 2 aromatic heterocycles. The van der Waals surface area contributed by atoms with Crippen LogP contribution < -0.4 is 26.0 Å². The van der Waals surface area contributed by atoms with Crippen LogP contribution in [0.25, 0.3) is 21.1 Å². The Kier molecular flexibility index (Phi) is 19.9. The fraction of sp³-hybridized carbons (Fsp3) is 0.500. The number of benzene rings is 3. The monoisotopic (exact) mass is 1070 g/mol. The molecule has 74 heavy (non-hydrogen) atoms. The molecule has 1 fully saturated rings. The molecule has 1 aliphatic heterocycles. The number of rotatable bonds is 26. The van der Waals surface area contributed by atoms with Crippen molar-refractivity contribution < 1.29 is 60.1 Å². The van der Waals surface area contributed by atoms with Crippen LogP contribution in [-0.2, 0) is 48.0 Å². The fourth-order valence-electron chi connectivity index (χ4n) is 8.04. The molecule has 3 aromatic carbocycles. The lowest BCUT2D eigenvalue weighted by Crippen LogP contribution is -2.59. The van der Waals surface area contributed by atoms with Gasteiger partial charge in [0.05, 0.1) is 78.3 Å². The van der Waals surface area contributed by atoms with E-state index in [-0.39, 0.29) is 95.3 Å². The van der Waals surface area contributed by atoms with Gasteiger partial charge in [-0.1, -0.05) is 26.8 Å². The highest BCUT2D eigenvalue weighted by atomic mass is 32.2. The smallest absolute Gasteiger partial charge is 0.247 e. The third kappa shape index (κ3) is 15.0. The topological polar surface area (TPSA) is 226 Å². The molecule has 4 atom stereocenters. The molecular formula is C52H67F2N7O11S2. The van der Waals surface area contributed by atoms with Crippen LogP contribution in [-0.4, -0.2) is 143 Å². The zero-order valence-corrected chi connectivity index (χ0v) is 44.7. The minimum atomic E-state index is -3.85. The molecule has 3 amide bonds. The highest BCUT2D eigenvalue weighted by Gasteiger charge is 2.46. The molecule has 1 aliphatic rings. The number of nitrogens with zero attached hydrogens (tertiary/aromatic N) is 3. The van der Waals surface area contributed by atoms with Gasteiger partial charge in [0, 0.05) is 42.0 Å². The van der Waals surface area contributed by atoms with Crippen molar-refractivity contribution in [3.63, 3.8) is 0 Å². The van der Waals surface area contributed by atoms with Gasteiger partial charge in [-0.25, -0.2) is 22.2 Å². The van der Waals surface area contributed by atoms with Crippen molar-refractivity contribution in [2.75, 3.05) is 83.7 Å². The van der Waals surface area contributed by atoms with Gasteiger partial charge in [0.2, 0.25) is 17.7 Å². The molecule has 0 radical (unpaired) electrons. The van der Waals surface area contributed by atoms with Gasteiger partial charge < -0.3 is 49.9 Å². The normalized spacial score (nSPS) is 16.1. The number of Topliss-reactive ketones (excluding diaryl/α,β-unsaturated/α-hetero) is 1. The van der Waals surface area contributed by atoms with Crippen LogP contribution in [0.5, 0.6) is 5.75 Å². The summed E-state index contributed by atoms with van der Waals surface area (Å²) < 4.78 is 85.2. The molecule has 5 aromatic rings. The lowest BCUT2D eigenvalue weighted by atomic mass is 9.85. The van der Waals surface area contributed by atoms with Crippen LogP contribution in [0.2, 0.25) is 0 Å². The molecule has 0 saturated carbocycles. The van der Waals surface area contributed by atoms with E-state index in [4.69, 9.17) is 23.7 Å². The van der Waals surface area contributed by atoms with E-state index >= 15 is 0 Å². The zero-order chi connectivity index (χ0) is 53.8. The molecule has 0 aliphatic carbocycles. The van der Waals surface area contributed by atoms with Crippen molar-refractivity contribution in [1.29, 1.82) is 0 Å². The number of nitrogens with one attached hydrogen (secondary N) is 4. The second-order valence-electron chi connectivity index (χ2n) is 19.9. The first-order valence-electron chi connectivity index (χ1n) is 24.3. The number of likely N-dealkylation sites (tertiary alicyclic amines) is 1. The average molecular weight is 1070 g/mol. The largest absolute Gasteiger partial charge is 0.490 e. The van der Waals surface area contributed by atoms with E-state index in [9.17, 15) is 36.4 Å². The van der Waals surface area contributed by atoms with Crippen LogP contribution >= 0.6 is 11.3 Å². The van der Waals surface area contributed by atoms with Crippen molar-refractivity contribution >= 4 is 82.9 Å². The van der Waals surface area contributed by atoms with Crippen molar-refractivity contribution in [2.45, 2.75) is 89.1 Å². The number of likely N-dealkylation sites (N-methyl/N-ethyl adjacent to an activating group) is 1. The Bertz CT molecular complexity index is 2850. The Morgan fingerprint density at radius 3 is 2.12 bits per heavy atom. The Labute approximate surface area is 434 Å². The first-order chi connectivity index (χ1) is 35.1. The number of carbonyl (C=O) groups is 4. The first kappa shape index (κ1) is 57.5. The predicted molar refractivity (Wildman–Crippen MR) is 278 cm³/mol. The van der Waals surface area contributed by atoms with Gasteiger partial charge in [-0.3, -0.25) is 24.2 Å². The molecule has 0 bridgehead atoms. The highest BCUT2D eigenvalue weighted by molar-refractivity contribution is 7.92. The quantitative estimate of drug-likeness (QED) is 0.0416. The summed E-state index contributed by atoms with van der Waals surface area (Å²) in [7, 11) is -2.25. The number of pyridine rings is 1. The number of para-hydroxylation sites is 1. The average Bonchev–Trinajstić information content (AvgIpc) is 4.00. The SMILES string of the molecule is CN[C@@H](C)C(=O)N[C@H](C(=O)N1C[C@@H](CC(=O)COCCOCCOCCOCCOc2cc3nccc(Nc4ccc5scnc5c4)c3cc2S(=O)(=O)C(C)(C)C)C[C@H]1C(=O)Nc1c(F)cccc1F)C(C)(C)C.